The number of sulfonamides is 1. The van der Waals surface area contributed by atoms with E-state index in [0.29, 0.717) is 21.5 Å². The van der Waals surface area contributed by atoms with Crippen LogP contribution < -0.4 is 10.1 Å². The van der Waals surface area contributed by atoms with Gasteiger partial charge in [-0.15, -0.1) is 0 Å². The molecule has 0 heterocycles. The van der Waals surface area contributed by atoms with E-state index >= 15 is 0 Å². The normalized spacial score (nSPS) is 11.4. The van der Waals surface area contributed by atoms with Gasteiger partial charge in [0.05, 0.1) is 24.2 Å². The van der Waals surface area contributed by atoms with Crippen LogP contribution in [0.15, 0.2) is 71.6 Å². The Morgan fingerprint density at radius 1 is 0.969 bits per heavy atom. The average Bonchev–Trinajstić information content (AvgIpc) is 2.75. The number of nitrogens with one attached hydrogen (secondary N) is 1. The quantitative estimate of drug-likeness (QED) is 0.472. The zero-order chi connectivity index (χ0) is 23.3. The molecule has 0 saturated heterocycles. The van der Waals surface area contributed by atoms with Crippen LogP contribution in [0.5, 0.6) is 5.75 Å². The molecule has 0 atom stereocenters. The van der Waals surface area contributed by atoms with Gasteiger partial charge in [-0.25, -0.2) is 8.42 Å². The van der Waals surface area contributed by atoms with E-state index in [9.17, 15) is 13.2 Å². The van der Waals surface area contributed by atoms with Gasteiger partial charge in [-0.05, 0) is 55.0 Å². The summed E-state index contributed by atoms with van der Waals surface area (Å²) < 4.78 is 33.0. The van der Waals surface area contributed by atoms with E-state index < -0.39 is 22.5 Å². The first kappa shape index (κ1) is 24.1. The Hall–Kier alpha value is -2.58. The number of hydrogen-bond acceptors (Lipinski definition) is 4. The summed E-state index contributed by atoms with van der Waals surface area (Å²) in [7, 11) is -2.51. The van der Waals surface area contributed by atoms with Crippen molar-refractivity contribution in [3.05, 3.63) is 87.9 Å². The smallest absolute Gasteiger partial charge is 0.243 e. The molecule has 0 fully saturated rings. The van der Waals surface area contributed by atoms with E-state index in [-0.39, 0.29) is 11.4 Å². The van der Waals surface area contributed by atoms with Gasteiger partial charge in [-0.2, -0.15) is 4.31 Å². The minimum Gasteiger partial charge on any atom is -0.495 e. The molecule has 1 amide bonds. The van der Waals surface area contributed by atoms with Crippen molar-refractivity contribution in [3.63, 3.8) is 0 Å². The van der Waals surface area contributed by atoms with E-state index in [1.807, 2.05) is 31.2 Å². The molecule has 0 bridgehead atoms. The maximum absolute atomic E-state index is 13.3. The lowest BCUT2D eigenvalue weighted by molar-refractivity contribution is -0.116. The van der Waals surface area contributed by atoms with Gasteiger partial charge in [0.25, 0.3) is 0 Å². The lowest BCUT2D eigenvalue weighted by Gasteiger charge is -2.22. The summed E-state index contributed by atoms with van der Waals surface area (Å²) in [5.74, 6) is -0.122. The second-order valence-corrected chi connectivity index (χ2v) is 9.92. The highest BCUT2D eigenvalue weighted by Gasteiger charge is 2.27. The summed E-state index contributed by atoms with van der Waals surface area (Å²) in [5, 5.41) is 3.51. The molecule has 0 aliphatic rings. The zero-order valence-electron chi connectivity index (χ0n) is 17.5. The number of benzene rings is 3. The lowest BCUT2D eigenvalue weighted by Crippen LogP contribution is -2.37. The van der Waals surface area contributed by atoms with E-state index in [1.54, 1.807) is 12.1 Å². The zero-order valence-corrected chi connectivity index (χ0v) is 19.8. The molecule has 3 rings (SSSR count). The molecule has 0 spiro atoms. The molecule has 168 valence electrons. The van der Waals surface area contributed by atoms with Crippen LogP contribution in [0.4, 0.5) is 5.69 Å². The number of methoxy groups -OCH3 is 1. The van der Waals surface area contributed by atoms with Crippen LogP contribution in [-0.4, -0.2) is 32.3 Å². The summed E-state index contributed by atoms with van der Waals surface area (Å²) in [6, 6.07) is 18.0. The van der Waals surface area contributed by atoms with Gasteiger partial charge in [0.1, 0.15) is 5.75 Å². The average molecular weight is 493 g/mol. The summed E-state index contributed by atoms with van der Waals surface area (Å²) >= 11 is 11.9. The summed E-state index contributed by atoms with van der Waals surface area (Å²) in [5.41, 5.74) is 2.15. The van der Waals surface area contributed by atoms with Crippen LogP contribution in [0.2, 0.25) is 10.0 Å². The first-order valence-corrected chi connectivity index (χ1v) is 11.8. The Labute approximate surface area is 197 Å². The molecule has 9 heteroatoms. The number of rotatable bonds is 8. The van der Waals surface area contributed by atoms with Crippen molar-refractivity contribution in [3.8, 4) is 5.75 Å². The third kappa shape index (κ3) is 6.01. The number of carbonyl (C=O) groups excluding carboxylic acids is 1. The van der Waals surface area contributed by atoms with Gasteiger partial charge < -0.3 is 10.1 Å². The number of nitrogens with zero attached hydrogens (tertiary/aromatic N) is 1. The molecular formula is C23H22Cl2N2O4S. The molecule has 0 aromatic heterocycles. The van der Waals surface area contributed by atoms with Crippen molar-refractivity contribution in [1.82, 2.24) is 4.31 Å². The van der Waals surface area contributed by atoms with Crippen molar-refractivity contribution in [1.29, 1.82) is 0 Å². The van der Waals surface area contributed by atoms with Gasteiger partial charge >= 0.3 is 0 Å². The second-order valence-electron chi connectivity index (χ2n) is 7.11. The Bertz CT molecular complexity index is 1200. The second kappa shape index (κ2) is 10.4. The van der Waals surface area contributed by atoms with E-state index in [2.05, 4.69) is 5.32 Å². The highest BCUT2D eigenvalue weighted by Crippen LogP contribution is 2.28. The first-order valence-electron chi connectivity index (χ1n) is 9.63. The Morgan fingerprint density at radius 3 is 2.22 bits per heavy atom. The maximum atomic E-state index is 13.3. The lowest BCUT2D eigenvalue weighted by atomic mass is 10.1. The van der Waals surface area contributed by atoms with Crippen LogP contribution in [0.25, 0.3) is 0 Å². The molecule has 0 aliphatic heterocycles. The van der Waals surface area contributed by atoms with Crippen molar-refractivity contribution >= 4 is 44.8 Å². The number of amides is 1. The van der Waals surface area contributed by atoms with Gasteiger partial charge in [0.15, 0.2) is 0 Å². The number of carbonyl (C=O) groups is 1. The SMILES string of the molecule is COc1ccc(Cl)cc1NC(=O)CN(Cc1ccc(C)cc1)S(=O)(=O)c1ccc(Cl)cc1. The fourth-order valence-corrected chi connectivity index (χ4v) is 4.69. The number of ether oxygens (including phenoxy) is 1. The van der Waals surface area contributed by atoms with Crippen LogP contribution in [-0.2, 0) is 21.4 Å². The monoisotopic (exact) mass is 492 g/mol. The Kier molecular flexibility index (Phi) is 7.79. The van der Waals surface area contributed by atoms with E-state index in [1.165, 1.54) is 37.4 Å². The van der Waals surface area contributed by atoms with Crippen LogP contribution >= 0.6 is 23.2 Å². The van der Waals surface area contributed by atoms with Crippen molar-refractivity contribution in [2.75, 3.05) is 19.0 Å². The molecule has 0 radical (unpaired) electrons. The number of halogens is 2. The minimum atomic E-state index is -3.98. The van der Waals surface area contributed by atoms with Crippen LogP contribution in [0.1, 0.15) is 11.1 Å². The molecule has 3 aromatic carbocycles. The van der Waals surface area contributed by atoms with Crippen molar-refractivity contribution < 1.29 is 17.9 Å². The fraction of sp³-hybridized carbons (Fsp3) is 0.174. The topological polar surface area (TPSA) is 75.7 Å². The summed E-state index contributed by atoms with van der Waals surface area (Å²) in [6.45, 7) is 1.55. The molecule has 0 unspecified atom stereocenters. The Balaban J connectivity index is 1.89. The molecule has 3 aromatic rings. The molecular weight excluding hydrogens is 471 g/mol. The van der Waals surface area contributed by atoms with E-state index in [0.717, 1.165) is 15.4 Å². The summed E-state index contributed by atoms with van der Waals surface area (Å²) in [6.07, 6.45) is 0. The third-order valence-corrected chi connectivity index (χ3v) is 6.98. The summed E-state index contributed by atoms with van der Waals surface area (Å²) in [4.78, 5) is 12.9. The maximum Gasteiger partial charge on any atom is 0.243 e. The largest absolute Gasteiger partial charge is 0.495 e. The third-order valence-electron chi connectivity index (χ3n) is 4.69. The predicted octanol–water partition coefficient (Wildman–Crippen LogP) is 5.14. The van der Waals surface area contributed by atoms with Gasteiger partial charge in [0, 0.05) is 16.6 Å². The van der Waals surface area contributed by atoms with Gasteiger partial charge in [-0.3, -0.25) is 4.79 Å². The fourth-order valence-electron chi connectivity index (χ4n) is 3.01. The molecule has 0 aliphatic carbocycles. The molecule has 1 N–H and O–H groups in total. The molecule has 6 nitrogen and oxygen atoms in total. The van der Waals surface area contributed by atoms with Crippen LogP contribution in [0, 0.1) is 6.92 Å². The number of aryl methyl sites for hydroxylation is 1. The predicted molar refractivity (Wildman–Crippen MR) is 127 cm³/mol. The minimum absolute atomic E-state index is 0.0192. The van der Waals surface area contributed by atoms with Crippen molar-refractivity contribution in [2.24, 2.45) is 0 Å². The van der Waals surface area contributed by atoms with Crippen molar-refractivity contribution in [2.45, 2.75) is 18.4 Å². The highest BCUT2D eigenvalue weighted by atomic mass is 35.5. The highest BCUT2D eigenvalue weighted by molar-refractivity contribution is 7.89. The number of anilines is 1. The number of hydrogen-bond donors (Lipinski definition) is 1. The van der Waals surface area contributed by atoms with E-state index in [4.69, 9.17) is 27.9 Å². The van der Waals surface area contributed by atoms with Gasteiger partial charge in [-0.1, -0.05) is 53.0 Å². The Morgan fingerprint density at radius 2 is 1.59 bits per heavy atom. The first-order chi connectivity index (χ1) is 15.2. The standard InChI is InChI=1S/C23H22Cl2N2O4S/c1-16-3-5-17(6-4-16)14-27(32(29,30)20-10-7-18(24)8-11-20)15-23(28)26-21-13-19(25)9-12-22(21)31-2/h3-13H,14-15H2,1-2H3,(H,26,28). The molecule has 0 saturated carbocycles. The molecule has 32 heavy (non-hydrogen) atoms. The van der Waals surface area contributed by atoms with Gasteiger partial charge in [0.2, 0.25) is 15.9 Å². The van der Waals surface area contributed by atoms with Crippen LogP contribution in [0.3, 0.4) is 0 Å².